The number of rotatable bonds is 6. The predicted octanol–water partition coefficient (Wildman–Crippen LogP) is 3.47. The number of pyridine rings is 1. The molecule has 1 N–H and O–H groups in total. The van der Waals surface area contributed by atoms with Crippen molar-refractivity contribution in [3.05, 3.63) is 95.7 Å². The van der Waals surface area contributed by atoms with Crippen molar-refractivity contribution in [1.29, 1.82) is 0 Å². The highest BCUT2D eigenvalue weighted by atomic mass is 32.2. The van der Waals surface area contributed by atoms with Crippen LogP contribution in [-0.2, 0) is 16.6 Å². The summed E-state index contributed by atoms with van der Waals surface area (Å²) in [7, 11) is -4.27. The SMILES string of the molecule is O=C1c2cccnc2C(=O)N1Cc1ccc(F)cc1S(=O)(=O)Nc1ccc(-c2ccno2)cc1. The molecule has 1 aliphatic rings. The molecule has 2 amide bonds. The molecule has 9 nitrogen and oxygen atoms in total. The zero-order chi connectivity index (χ0) is 23.9. The lowest BCUT2D eigenvalue weighted by molar-refractivity contribution is 0.0639. The van der Waals surface area contributed by atoms with Crippen LogP contribution in [0.4, 0.5) is 10.1 Å². The summed E-state index contributed by atoms with van der Waals surface area (Å²) in [5, 5.41) is 3.63. The van der Waals surface area contributed by atoms with Gasteiger partial charge in [-0.2, -0.15) is 0 Å². The lowest BCUT2D eigenvalue weighted by Gasteiger charge is -2.17. The Morgan fingerprint density at radius 1 is 0.971 bits per heavy atom. The summed E-state index contributed by atoms with van der Waals surface area (Å²) < 4.78 is 47.8. The molecule has 2 aromatic carbocycles. The third-order valence-corrected chi connectivity index (χ3v) is 6.70. The fourth-order valence-corrected chi connectivity index (χ4v) is 4.92. The molecule has 2 aromatic heterocycles. The monoisotopic (exact) mass is 478 g/mol. The Kier molecular flexibility index (Phi) is 5.17. The molecular weight excluding hydrogens is 463 g/mol. The smallest absolute Gasteiger partial charge is 0.280 e. The van der Waals surface area contributed by atoms with Crippen LogP contribution in [0.25, 0.3) is 11.3 Å². The normalized spacial score (nSPS) is 13.3. The number of anilines is 1. The second kappa shape index (κ2) is 8.19. The van der Waals surface area contributed by atoms with E-state index in [4.69, 9.17) is 4.52 Å². The first-order valence-corrected chi connectivity index (χ1v) is 11.5. The van der Waals surface area contributed by atoms with Crippen molar-refractivity contribution in [3.8, 4) is 11.3 Å². The molecule has 0 saturated heterocycles. The first-order chi connectivity index (χ1) is 16.3. The van der Waals surface area contributed by atoms with E-state index < -0.39 is 32.6 Å². The summed E-state index contributed by atoms with van der Waals surface area (Å²) in [6, 6.07) is 14.1. The molecule has 170 valence electrons. The van der Waals surface area contributed by atoms with Crippen molar-refractivity contribution < 1.29 is 26.9 Å². The number of benzene rings is 2. The number of sulfonamides is 1. The Labute approximate surface area is 192 Å². The third-order valence-electron chi connectivity index (χ3n) is 5.24. The summed E-state index contributed by atoms with van der Waals surface area (Å²) in [5.41, 5.74) is 1.10. The van der Waals surface area contributed by atoms with Crippen LogP contribution in [0, 0.1) is 5.82 Å². The van der Waals surface area contributed by atoms with Gasteiger partial charge in [-0.25, -0.2) is 12.8 Å². The van der Waals surface area contributed by atoms with Crippen LogP contribution in [-0.4, -0.2) is 35.3 Å². The molecule has 1 aliphatic heterocycles. The van der Waals surface area contributed by atoms with Gasteiger partial charge in [0.1, 0.15) is 11.5 Å². The summed E-state index contributed by atoms with van der Waals surface area (Å²) in [6.45, 7) is -0.366. The number of carbonyl (C=O) groups is 2. The molecule has 11 heteroatoms. The van der Waals surface area contributed by atoms with E-state index in [-0.39, 0.29) is 29.1 Å². The van der Waals surface area contributed by atoms with Crippen molar-refractivity contribution in [2.24, 2.45) is 0 Å². The molecule has 0 fully saturated rings. The zero-order valence-electron chi connectivity index (χ0n) is 17.3. The molecule has 3 heterocycles. The largest absolute Gasteiger partial charge is 0.356 e. The van der Waals surface area contributed by atoms with E-state index in [0.717, 1.165) is 17.0 Å². The lowest BCUT2D eigenvalue weighted by Crippen LogP contribution is -2.30. The van der Waals surface area contributed by atoms with Gasteiger partial charge in [-0.15, -0.1) is 0 Å². The molecule has 34 heavy (non-hydrogen) atoms. The molecule has 5 rings (SSSR count). The first-order valence-electron chi connectivity index (χ1n) is 9.97. The second-order valence-corrected chi connectivity index (χ2v) is 9.06. The van der Waals surface area contributed by atoms with Crippen LogP contribution in [0.3, 0.4) is 0 Å². The van der Waals surface area contributed by atoms with Crippen LogP contribution < -0.4 is 4.72 Å². The van der Waals surface area contributed by atoms with E-state index in [1.165, 1.54) is 42.7 Å². The lowest BCUT2D eigenvalue weighted by atomic mass is 10.1. The molecule has 0 saturated carbocycles. The average molecular weight is 478 g/mol. The number of halogens is 1. The molecule has 0 bridgehead atoms. The van der Waals surface area contributed by atoms with Crippen LogP contribution in [0.15, 0.2) is 82.5 Å². The van der Waals surface area contributed by atoms with Gasteiger partial charge < -0.3 is 4.52 Å². The quantitative estimate of drug-likeness (QED) is 0.421. The number of nitrogens with zero attached hydrogens (tertiary/aromatic N) is 3. The number of aromatic nitrogens is 2. The molecule has 0 unspecified atom stereocenters. The summed E-state index contributed by atoms with van der Waals surface area (Å²) in [5.74, 6) is -1.52. The molecule has 4 aromatic rings. The van der Waals surface area contributed by atoms with Crippen molar-refractivity contribution >= 4 is 27.5 Å². The van der Waals surface area contributed by atoms with Gasteiger partial charge in [0.15, 0.2) is 5.76 Å². The molecular formula is C23H15FN4O5S. The molecule has 0 atom stereocenters. The predicted molar refractivity (Wildman–Crippen MR) is 118 cm³/mol. The summed E-state index contributed by atoms with van der Waals surface area (Å²) >= 11 is 0. The van der Waals surface area contributed by atoms with Crippen molar-refractivity contribution in [3.63, 3.8) is 0 Å². The zero-order valence-corrected chi connectivity index (χ0v) is 18.1. The van der Waals surface area contributed by atoms with E-state index in [9.17, 15) is 22.4 Å². The molecule has 0 radical (unpaired) electrons. The number of amides is 2. The fourth-order valence-electron chi connectivity index (χ4n) is 3.61. The fraction of sp³-hybridized carbons (Fsp3) is 0.0435. The van der Waals surface area contributed by atoms with Crippen LogP contribution >= 0.6 is 0 Å². The standard InChI is InChI=1S/C23H15FN4O5S/c24-16-6-3-15(13-28-22(29)18-2-1-10-25-21(18)23(28)30)20(12-16)34(31,32)27-17-7-4-14(5-8-17)19-9-11-26-33-19/h1-12,27H,13H2. The van der Waals surface area contributed by atoms with Gasteiger partial charge in [0.2, 0.25) is 0 Å². The van der Waals surface area contributed by atoms with Gasteiger partial charge >= 0.3 is 0 Å². The van der Waals surface area contributed by atoms with Crippen molar-refractivity contribution in [1.82, 2.24) is 15.0 Å². The maximum atomic E-state index is 14.0. The Hall–Kier alpha value is -4.38. The van der Waals surface area contributed by atoms with Crippen LogP contribution in [0.2, 0.25) is 0 Å². The minimum Gasteiger partial charge on any atom is -0.356 e. The Morgan fingerprint density at radius 2 is 1.76 bits per heavy atom. The third kappa shape index (κ3) is 3.82. The Bertz CT molecular complexity index is 1480. The van der Waals surface area contributed by atoms with Crippen molar-refractivity contribution in [2.45, 2.75) is 11.4 Å². The minimum absolute atomic E-state index is 0.0102. The number of hydrogen-bond acceptors (Lipinski definition) is 7. The van der Waals surface area contributed by atoms with Gasteiger partial charge in [0.25, 0.3) is 21.8 Å². The maximum Gasteiger partial charge on any atom is 0.280 e. The maximum absolute atomic E-state index is 14.0. The summed E-state index contributed by atoms with van der Waals surface area (Å²) in [4.78, 5) is 29.8. The number of carbonyl (C=O) groups excluding carboxylic acids is 2. The summed E-state index contributed by atoms with van der Waals surface area (Å²) in [6.07, 6.45) is 2.88. The molecule has 0 spiro atoms. The van der Waals surface area contributed by atoms with Gasteiger partial charge in [-0.3, -0.25) is 24.2 Å². The van der Waals surface area contributed by atoms with E-state index in [2.05, 4.69) is 14.9 Å². The van der Waals surface area contributed by atoms with E-state index in [1.54, 1.807) is 18.2 Å². The number of fused-ring (bicyclic) bond motifs is 1. The van der Waals surface area contributed by atoms with Gasteiger partial charge in [-0.05, 0) is 54.1 Å². The van der Waals surface area contributed by atoms with Crippen molar-refractivity contribution in [2.75, 3.05) is 4.72 Å². The Morgan fingerprint density at radius 3 is 2.47 bits per heavy atom. The van der Waals surface area contributed by atoms with Crippen LogP contribution in [0.1, 0.15) is 26.4 Å². The van der Waals surface area contributed by atoms with Gasteiger partial charge in [-0.1, -0.05) is 11.2 Å². The number of imide groups is 1. The topological polar surface area (TPSA) is 122 Å². The molecule has 0 aliphatic carbocycles. The highest BCUT2D eigenvalue weighted by molar-refractivity contribution is 7.92. The van der Waals surface area contributed by atoms with E-state index >= 15 is 0 Å². The second-order valence-electron chi connectivity index (χ2n) is 7.41. The number of hydrogen-bond donors (Lipinski definition) is 1. The minimum atomic E-state index is -4.27. The average Bonchev–Trinajstić information content (AvgIpc) is 3.44. The first kappa shape index (κ1) is 21.5. The van der Waals surface area contributed by atoms with E-state index in [0.29, 0.717) is 11.3 Å². The van der Waals surface area contributed by atoms with E-state index in [1.807, 2.05) is 0 Å². The Balaban J connectivity index is 1.43. The van der Waals surface area contributed by atoms with Gasteiger partial charge in [0.05, 0.1) is 23.2 Å². The van der Waals surface area contributed by atoms with Crippen LogP contribution in [0.5, 0.6) is 0 Å². The highest BCUT2D eigenvalue weighted by Gasteiger charge is 2.37. The highest BCUT2D eigenvalue weighted by Crippen LogP contribution is 2.28. The number of nitrogens with one attached hydrogen (secondary N) is 1. The van der Waals surface area contributed by atoms with Gasteiger partial charge in [0, 0.05) is 23.5 Å².